The van der Waals surface area contributed by atoms with Crippen LogP contribution in [0.4, 0.5) is 5.69 Å². The highest BCUT2D eigenvalue weighted by Crippen LogP contribution is 2.23. The topological polar surface area (TPSA) is 73.9 Å². The zero-order valence-electron chi connectivity index (χ0n) is 14.5. The second kappa shape index (κ2) is 8.82. The molecular weight excluding hydrogens is 320 g/mol. The van der Waals surface area contributed by atoms with Gasteiger partial charge < -0.3 is 20.3 Å². The van der Waals surface area contributed by atoms with Gasteiger partial charge in [-0.05, 0) is 30.7 Å². The van der Waals surface area contributed by atoms with Gasteiger partial charge in [-0.15, -0.1) is 0 Å². The highest BCUT2D eigenvalue weighted by molar-refractivity contribution is 5.95. The van der Waals surface area contributed by atoms with Crippen molar-refractivity contribution in [1.29, 1.82) is 0 Å². The van der Waals surface area contributed by atoms with Gasteiger partial charge in [0.1, 0.15) is 5.75 Å². The Morgan fingerprint density at radius 3 is 2.60 bits per heavy atom. The van der Waals surface area contributed by atoms with Gasteiger partial charge >= 0.3 is 0 Å². The number of benzene rings is 1. The molecule has 2 heterocycles. The highest BCUT2D eigenvalue weighted by atomic mass is 16.5. The summed E-state index contributed by atoms with van der Waals surface area (Å²) in [7, 11) is 0. The summed E-state index contributed by atoms with van der Waals surface area (Å²) in [6.45, 7) is 6.35. The molecular formula is C18H26N4O3. The molecule has 2 aliphatic rings. The van der Waals surface area contributed by atoms with Gasteiger partial charge in [0.05, 0.1) is 0 Å². The molecule has 25 heavy (non-hydrogen) atoms. The van der Waals surface area contributed by atoms with Crippen molar-refractivity contribution in [3.8, 4) is 5.75 Å². The third-order valence-corrected chi connectivity index (χ3v) is 4.55. The normalized spacial score (nSPS) is 18.4. The monoisotopic (exact) mass is 346 g/mol. The zero-order valence-corrected chi connectivity index (χ0v) is 14.5. The lowest BCUT2D eigenvalue weighted by Gasteiger charge is -2.27. The Kier molecular flexibility index (Phi) is 6.25. The van der Waals surface area contributed by atoms with Crippen LogP contribution < -0.4 is 20.3 Å². The molecule has 1 aromatic rings. The lowest BCUT2D eigenvalue weighted by Crippen LogP contribution is -2.46. The number of nitrogens with one attached hydrogen (secondary N) is 2. The van der Waals surface area contributed by atoms with E-state index in [9.17, 15) is 9.59 Å². The first-order chi connectivity index (χ1) is 12.2. The molecule has 7 nitrogen and oxygen atoms in total. The van der Waals surface area contributed by atoms with Crippen molar-refractivity contribution in [2.24, 2.45) is 0 Å². The van der Waals surface area contributed by atoms with Crippen LogP contribution in [0.15, 0.2) is 24.3 Å². The highest BCUT2D eigenvalue weighted by Gasteiger charge is 2.21. The molecule has 2 N–H and O–H groups in total. The Morgan fingerprint density at radius 2 is 1.92 bits per heavy atom. The number of hydrogen-bond donors (Lipinski definition) is 2. The van der Waals surface area contributed by atoms with Gasteiger partial charge in [0.2, 0.25) is 5.91 Å². The van der Waals surface area contributed by atoms with Crippen molar-refractivity contribution in [2.75, 3.05) is 57.3 Å². The summed E-state index contributed by atoms with van der Waals surface area (Å²) < 4.78 is 5.52. The smallest absolute Gasteiger partial charge is 0.257 e. The minimum atomic E-state index is -0.117. The van der Waals surface area contributed by atoms with Crippen LogP contribution >= 0.6 is 0 Å². The van der Waals surface area contributed by atoms with E-state index in [0.29, 0.717) is 18.7 Å². The number of ether oxygens (including phenoxy) is 1. The van der Waals surface area contributed by atoms with E-state index in [0.717, 1.165) is 51.4 Å². The molecule has 2 aliphatic heterocycles. The van der Waals surface area contributed by atoms with Crippen molar-refractivity contribution in [3.63, 3.8) is 0 Å². The Morgan fingerprint density at radius 1 is 1.16 bits per heavy atom. The molecule has 0 bridgehead atoms. The quantitative estimate of drug-likeness (QED) is 0.739. The largest absolute Gasteiger partial charge is 0.484 e. The number of carbonyl (C=O) groups excluding carboxylic acids is 2. The van der Waals surface area contributed by atoms with E-state index < -0.39 is 0 Å². The third kappa shape index (κ3) is 5.17. The zero-order chi connectivity index (χ0) is 17.5. The Bertz CT molecular complexity index is 584. The maximum absolute atomic E-state index is 11.9. The molecule has 2 amide bonds. The summed E-state index contributed by atoms with van der Waals surface area (Å²) in [5.41, 5.74) is 0.885. The van der Waals surface area contributed by atoms with Crippen molar-refractivity contribution >= 4 is 17.5 Å². The molecule has 0 saturated carbocycles. The van der Waals surface area contributed by atoms with Gasteiger partial charge in [-0.25, -0.2) is 0 Å². The predicted octanol–water partition coefficient (Wildman–Crippen LogP) is 0.214. The number of piperazine rings is 1. The van der Waals surface area contributed by atoms with Crippen molar-refractivity contribution in [1.82, 2.24) is 15.5 Å². The number of amides is 2. The standard InChI is InChI=1S/C18H26N4O3/c23-17(20-9-13-21-11-7-19-8-12-21)14-25-16-5-3-15(4-6-16)22-10-1-2-18(22)24/h3-6,19H,1-2,7-14H2,(H,20,23). The number of rotatable bonds is 7. The maximum Gasteiger partial charge on any atom is 0.257 e. The van der Waals surface area contributed by atoms with E-state index in [1.54, 1.807) is 17.0 Å². The number of carbonyl (C=O) groups is 2. The molecule has 2 saturated heterocycles. The summed E-state index contributed by atoms with van der Waals surface area (Å²) >= 11 is 0. The molecule has 0 aliphatic carbocycles. The lowest BCUT2D eigenvalue weighted by molar-refractivity contribution is -0.123. The lowest BCUT2D eigenvalue weighted by atomic mass is 10.3. The number of anilines is 1. The first-order valence-electron chi connectivity index (χ1n) is 8.95. The molecule has 2 fully saturated rings. The second-order valence-corrected chi connectivity index (χ2v) is 6.37. The van der Waals surface area contributed by atoms with Crippen LogP contribution in [0.5, 0.6) is 5.75 Å². The number of hydrogen-bond acceptors (Lipinski definition) is 5. The summed E-state index contributed by atoms with van der Waals surface area (Å²) in [6, 6.07) is 7.32. The van der Waals surface area contributed by atoms with Crippen LogP contribution in [0.2, 0.25) is 0 Å². The SMILES string of the molecule is O=C(COc1ccc(N2CCCC2=O)cc1)NCCN1CCNCC1. The minimum absolute atomic E-state index is 0.00352. The van der Waals surface area contributed by atoms with Gasteiger partial charge in [0.25, 0.3) is 5.91 Å². The fourth-order valence-corrected chi connectivity index (χ4v) is 3.13. The molecule has 7 heteroatoms. The first-order valence-corrected chi connectivity index (χ1v) is 8.95. The van der Waals surface area contributed by atoms with E-state index in [-0.39, 0.29) is 18.4 Å². The van der Waals surface area contributed by atoms with Crippen LogP contribution in [-0.2, 0) is 9.59 Å². The molecule has 0 atom stereocenters. The van der Waals surface area contributed by atoms with Crippen LogP contribution in [0.3, 0.4) is 0 Å². The molecule has 0 unspecified atom stereocenters. The first kappa shape index (κ1) is 17.7. The molecule has 1 aromatic carbocycles. The fourth-order valence-electron chi connectivity index (χ4n) is 3.13. The van der Waals surface area contributed by atoms with E-state index in [2.05, 4.69) is 15.5 Å². The molecule has 3 rings (SSSR count). The number of nitrogens with zero attached hydrogens (tertiary/aromatic N) is 2. The van der Waals surface area contributed by atoms with E-state index in [1.807, 2.05) is 12.1 Å². The van der Waals surface area contributed by atoms with Crippen molar-refractivity contribution in [2.45, 2.75) is 12.8 Å². The Balaban J connectivity index is 1.36. The van der Waals surface area contributed by atoms with Crippen LogP contribution in [0, 0.1) is 0 Å². The van der Waals surface area contributed by atoms with E-state index >= 15 is 0 Å². The van der Waals surface area contributed by atoms with Gasteiger partial charge in [-0.1, -0.05) is 0 Å². The Labute approximate surface area is 148 Å². The average molecular weight is 346 g/mol. The molecule has 136 valence electrons. The molecule has 0 aromatic heterocycles. The van der Waals surface area contributed by atoms with E-state index in [1.165, 1.54) is 0 Å². The predicted molar refractivity (Wildman–Crippen MR) is 95.8 cm³/mol. The molecule has 0 spiro atoms. The van der Waals surface area contributed by atoms with Crippen molar-refractivity contribution in [3.05, 3.63) is 24.3 Å². The van der Waals surface area contributed by atoms with Crippen molar-refractivity contribution < 1.29 is 14.3 Å². The van der Waals surface area contributed by atoms with Crippen LogP contribution in [0.1, 0.15) is 12.8 Å². The summed E-state index contributed by atoms with van der Waals surface area (Å²) in [5, 5.41) is 6.19. The summed E-state index contributed by atoms with van der Waals surface area (Å²) in [4.78, 5) is 27.7. The van der Waals surface area contributed by atoms with Gasteiger partial charge in [-0.3, -0.25) is 14.5 Å². The maximum atomic E-state index is 11.9. The minimum Gasteiger partial charge on any atom is -0.484 e. The summed E-state index contributed by atoms with van der Waals surface area (Å²) in [5.74, 6) is 0.680. The average Bonchev–Trinajstić information content (AvgIpc) is 3.07. The van der Waals surface area contributed by atoms with Gasteiger partial charge in [-0.2, -0.15) is 0 Å². The van der Waals surface area contributed by atoms with Gasteiger partial charge in [0, 0.05) is 57.9 Å². The fraction of sp³-hybridized carbons (Fsp3) is 0.556. The second-order valence-electron chi connectivity index (χ2n) is 6.37. The third-order valence-electron chi connectivity index (χ3n) is 4.55. The van der Waals surface area contributed by atoms with E-state index in [4.69, 9.17) is 4.74 Å². The van der Waals surface area contributed by atoms with Gasteiger partial charge in [0.15, 0.2) is 6.61 Å². The molecule has 0 radical (unpaired) electrons. The Hall–Kier alpha value is -2.12. The summed E-state index contributed by atoms with van der Waals surface area (Å²) in [6.07, 6.45) is 1.53. The van der Waals surface area contributed by atoms with Crippen LogP contribution in [-0.4, -0.2) is 69.1 Å². The van der Waals surface area contributed by atoms with Crippen LogP contribution in [0.25, 0.3) is 0 Å².